The second kappa shape index (κ2) is 7.46. The number of esters is 1. The topological polar surface area (TPSA) is 55.0 Å². The SMILES string of the molecule is COC(=O)c1c(-c2ccc(C#N)cc2)c(C)n(Cc2ccc(F)cc2)c1C. The van der Waals surface area contributed by atoms with Crippen molar-refractivity contribution in [2.45, 2.75) is 20.4 Å². The van der Waals surface area contributed by atoms with Gasteiger partial charge in [0.05, 0.1) is 24.3 Å². The molecule has 3 rings (SSSR count). The summed E-state index contributed by atoms with van der Waals surface area (Å²) in [7, 11) is 1.36. The number of rotatable bonds is 4. The summed E-state index contributed by atoms with van der Waals surface area (Å²) in [6.45, 7) is 4.32. The Morgan fingerprint density at radius 1 is 1.07 bits per heavy atom. The highest BCUT2D eigenvalue weighted by Crippen LogP contribution is 2.33. The van der Waals surface area contributed by atoms with E-state index in [2.05, 4.69) is 6.07 Å². The van der Waals surface area contributed by atoms with Crippen LogP contribution in [0.1, 0.15) is 32.9 Å². The van der Waals surface area contributed by atoms with Gasteiger partial charge in [-0.1, -0.05) is 24.3 Å². The van der Waals surface area contributed by atoms with Crippen LogP contribution in [0.15, 0.2) is 48.5 Å². The zero-order valence-electron chi connectivity index (χ0n) is 15.4. The van der Waals surface area contributed by atoms with Gasteiger partial charge in [0.2, 0.25) is 0 Å². The lowest BCUT2D eigenvalue weighted by Crippen LogP contribution is -2.07. The number of carbonyl (C=O) groups is 1. The molecule has 27 heavy (non-hydrogen) atoms. The van der Waals surface area contributed by atoms with E-state index in [9.17, 15) is 9.18 Å². The molecule has 0 atom stereocenters. The first-order valence-corrected chi connectivity index (χ1v) is 8.49. The molecule has 0 aliphatic carbocycles. The highest BCUT2D eigenvalue weighted by atomic mass is 19.1. The minimum Gasteiger partial charge on any atom is -0.465 e. The molecule has 0 unspecified atom stereocenters. The summed E-state index contributed by atoms with van der Waals surface area (Å²) in [5.74, 6) is -0.693. The van der Waals surface area contributed by atoms with E-state index in [1.54, 1.807) is 24.3 Å². The maximum Gasteiger partial charge on any atom is 0.340 e. The number of ether oxygens (including phenoxy) is 1. The van der Waals surface area contributed by atoms with Crippen LogP contribution in [0.5, 0.6) is 0 Å². The van der Waals surface area contributed by atoms with Crippen LogP contribution in [0.4, 0.5) is 4.39 Å². The van der Waals surface area contributed by atoms with Crippen molar-refractivity contribution in [3.05, 3.63) is 82.4 Å². The van der Waals surface area contributed by atoms with Crippen LogP contribution < -0.4 is 0 Å². The van der Waals surface area contributed by atoms with Gasteiger partial charge in [0.25, 0.3) is 0 Å². The normalized spacial score (nSPS) is 10.5. The van der Waals surface area contributed by atoms with Crippen molar-refractivity contribution in [1.29, 1.82) is 5.26 Å². The number of hydrogen-bond acceptors (Lipinski definition) is 3. The largest absolute Gasteiger partial charge is 0.465 e. The molecule has 0 spiro atoms. The van der Waals surface area contributed by atoms with E-state index in [1.165, 1.54) is 19.2 Å². The molecule has 0 saturated carbocycles. The Hall–Kier alpha value is -3.39. The number of methoxy groups -OCH3 is 1. The average Bonchev–Trinajstić information content (AvgIpc) is 2.93. The summed E-state index contributed by atoms with van der Waals surface area (Å²) in [5.41, 5.74) is 5.30. The molecule has 1 aromatic heterocycles. The Bertz CT molecular complexity index is 1030. The van der Waals surface area contributed by atoms with Gasteiger partial charge in [-0.05, 0) is 49.2 Å². The molecule has 0 fully saturated rings. The fourth-order valence-corrected chi connectivity index (χ4v) is 3.31. The third kappa shape index (κ3) is 3.47. The molecule has 0 saturated heterocycles. The molecule has 3 aromatic rings. The Morgan fingerprint density at radius 3 is 2.26 bits per heavy atom. The molecule has 4 nitrogen and oxygen atoms in total. The fourth-order valence-electron chi connectivity index (χ4n) is 3.31. The zero-order valence-corrected chi connectivity index (χ0v) is 15.4. The summed E-state index contributed by atoms with van der Waals surface area (Å²) in [5, 5.41) is 9.01. The number of aromatic nitrogens is 1. The van der Waals surface area contributed by atoms with E-state index >= 15 is 0 Å². The predicted octanol–water partition coefficient (Wildman–Crippen LogP) is 4.62. The van der Waals surface area contributed by atoms with Gasteiger partial charge in [0, 0.05) is 23.5 Å². The van der Waals surface area contributed by atoms with Crippen LogP contribution in [0, 0.1) is 31.0 Å². The lowest BCUT2D eigenvalue weighted by Gasteiger charge is -2.10. The van der Waals surface area contributed by atoms with Crippen LogP contribution in [-0.2, 0) is 11.3 Å². The third-order valence-electron chi connectivity index (χ3n) is 4.73. The van der Waals surface area contributed by atoms with Crippen LogP contribution in [-0.4, -0.2) is 17.6 Å². The second-order valence-electron chi connectivity index (χ2n) is 6.31. The number of nitriles is 1. The maximum atomic E-state index is 13.2. The number of hydrogen-bond donors (Lipinski definition) is 0. The quantitative estimate of drug-likeness (QED) is 0.637. The summed E-state index contributed by atoms with van der Waals surface area (Å²) >= 11 is 0. The molecular weight excluding hydrogens is 343 g/mol. The van der Waals surface area contributed by atoms with E-state index < -0.39 is 5.97 Å². The fraction of sp³-hybridized carbons (Fsp3) is 0.182. The second-order valence-corrected chi connectivity index (χ2v) is 6.31. The van der Waals surface area contributed by atoms with Crippen molar-refractivity contribution in [1.82, 2.24) is 4.57 Å². The van der Waals surface area contributed by atoms with Crippen molar-refractivity contribution in [2.75, 3.05) is 7.11 Å². The van der Waals surface area contributed by atoms with Crippen molar-refractivity contribution in [3.63, 3.8) is 0 Å². The summed E-state index contributed by atoms with van der Waals surface area (Å²) < 4.78 is 20.2. The van der Waals surface area contributed by atoms with Gasteiger partial charge in [-0.3, -0.25) is 0 Å². The van der Waals surface area contributed by atoms with E-state index in [0.29, 0.717) is 17.7 Å². The van der Waals surface area contributed by atoms with Gasteiger partial charge < -0.3 is 9.30 Å². The van der Waals surface area contributed by atoms with Gasteiger partial charge in [-0.15, -0.1) is 0 Å². The van der Waals surface area contributed by atoms with Gasteiger partial charge in [-0.25, -0.2) is 9.18 Å². The maximum absolute atomic E-state index is 13.2. The van der Waals surface area contributed by atoms with Crippen LogP contribution in [0.2, 0.25) is 0 Å². The number of benzene rings is 2. The summed E-state index contributed by atoms with van der Waals surface area (Å²) in [6.07, 6.45) is 0. The van der Waals surface area contributed by atoms with Crippen LogP contribution >= 0.6 is 0 Å². The molecule has 1 heterocycles. The molecule has 5 heteroatoms. The van der Waals surface area contributed by atoms with Crippen LogP contribution in [0.3, 0.4) is 0 Å². The van der Waals surface area contributed by atoms with Gasteiger partial charge in [-0.2, -0.15) is 5.26 Å². The number of nitrogens with zero attached hydrogens (tertiary/aromatic N) is 2. The average molecular weight is 362 g/mol. The van der Waals surface area contributed by atoms with Crippen molar-refractivity contribution in [2.24, 2.45) is 0 Å². The van der Waals surface area contributed by atoms with Crippen molar-refractivity contribution in [3.8, 4) is 17.2 Å². The Morgan fingerprint density at radius 2 is 1.70 bits per heavy atom. The first-order valence-electron chi connectivity index (χ1n) is 8.49. The molecule has 0 radical (unpaired) electrons. The molecule has 0 aliphatic heterocycles. The highest BCUT2D eigenvalue weighted by Gasteiger charge is 2.24. The lowest BCUT2D eigenvalue weighted by molar-refractivity contribution is 0.0600. The van der Waals surface area contributed by atoms with Gasteiger partial charge in [0.1, 0.15) is 5.82 Å². The summed E-state index contributed by atoms with van der Waals surface area (Å²) in [4.78, 5) is 12.5. The lowest BCUT2D eigenvalue weighted by atomic mass is 9.99. The molecule has 136 valence electrons. The standard InChI is InChI=1S/C22H19FN2O2/c1-14-20(18-8-4-16(12-24)5-9-18)21(22(26)27-3)15(2)25(14)13-17-6-10-19(23)11-7-17/h4-11H,13H2,1-3H3. The Balaban J connectivity index is 2.15. The minimum absolute atomic E-state index is 0.284. The molecular formula is C22H19FN2O2. The molecule has 0 aliphatic rings. The van der Waals surface area contributed by atoms with E-state index in [1.807, 2.05) is 30.5 Å². The van der Waals surface area contributed by atoms with Gasteiger partial charge in [0.15, 0.2) is 0 Å². The first kappa shape index (κ1) is 18.4. The van der Waals surface area contributed by atoms with E-state index in [0.717, 1.165) is 28.1 Å². The van der Waals surface area contributed by atoms with Gasteiger partial charge >= 0.3 is 5.97 Å². The first-order chi connectivity index (χ1) is 13.0. The van der Waals surface area contributed by atoms with Crippen molar-refractivity contribution >= 4 is 5.97 Å². The monoisotopic (exact) mass is 362 g/mol. The highest BCUT2D eigenvalue weighted by molar-refractivity contribution is 5.99. The molecule has 0 bridgehead atoms. The smallest absolute Gasteiger partial charge is 0.340 e. The minimum atomic E-state index is -0.409. The Kier molecular flexibility index (Phi) is 5.09. The van der Waals surface area contributed by atoms with Crippen molar-refractivity contribution < 1.29 is 13.9 Å². The third-order valence-corrected chi connectivity index (χ3v) is 4.73. The predicted molar refractivity (Wildman–Crippen MR) is 101 cm³/mol. The van der Waals surface area contributed by atoms with Crippen LogP contribution in [0.25, 0.3) is 11.1 Å². The zero-order chi connectivity index (χ0) is 19.6. The molecule has 0 amide bonds. The number of carbonyl (C=O) groups excluding carboxylic acids is 1. The number of halogens is 1. The molecule has 2 aromatic carbocycles. The Labute approximate surface area is 157 Å². The van der Waals surface area contributed by atoms with E-state index in [-0.39, 0.29) is 5.82 Å². The summed E-state index contributed by atoms with van der Waals surface area (Å²) in [6, 6.07) is 15.5. The molecule has 0 N–H and O–H groups in total. The van der Waals surface area contributed by atoms with E-state index in [4.69, 9.17) is 10.00 Å².